The molecule has 1 saturated heterocycles. The number of hydrogen-bond donors (Lipinski definition) is 1. The first-order valence-corrected chi connectivity index (χ1v) is 7.99. The Bertz CT molecular complexity index is 800. The van der Waals surface area contributed by atoms with Crippen molar-refractivity contribution in [3.8, 4) is 0 Å². The van der Waals surface area contributed by atoms with Crippen molar-refractivity contribution in [1.82, 2.24) is 4.98 Å². The summed E-state index contributed by atoms with van der Waals surface area (Å²) in [5.41, 5.74) is 1.22. The molecular formula is C17H18F2N4O2. The molecule has 0 spiro atoms. The molecule has 0 saturated carbocycles. The van der Waals surface area contributed by atoms with E-state index in [1.165, 1.54) is 12.3 Å². The van der Waals surface area contributed by atoms with E-state index in [2.05, 4.69) is 10.3 Å². The van der Waals surface area contributed by atoms with E-state index in [1.807, 2.05) is 4.90 Å². The van der Waals surface area contributed by atoms with E-state index in [0.29, 0.717) is 29.5 Å². The highest BCUT2D eigenvalue weighted by atomic mass is 19.2. The molecule has 0 amide bonds. The lowest BCUT2D eigenvalue weighted by Crippen LogP contribution is -2.22. The molecule has 8 heteroatoms. The Morgan fingerprint density at radius 3 is 2.84 bits per heavy atom. The van der Waals surface area contributed by atoms with Gasteiger partial charge in [0.15, 0.2) is 11.6 Å². The van der Waals surface area contributed by atoms with Crippen molar-refractivity contribution < 1.29 is 13.7 Å². The summed E-state index contributed by atoms with van der Waals surface area (Å²) in [5, 5.41) is 14.0. The third-order valence-corrected chi connectivity index (χ3v) is 4.41. The van der Waals surface area contributed by atoms with Gasteiger partial charge in [-0.3, -0.25) is 10.1 Å². The minimum atomic E-state index is -0.847. The molecule has 3 rings (SSSR count). The number of rotatable bonds is 5. The molecule has 2 aromatic rings. The number of nitrogens with one attached hydrogen (secondary N) is 1. The Morgan fingerprint density at radius 1 is 1.36 bits per heavy atom. The molecule has 1 unspecified atom stereocenters. The third-order valence-electron chi connectivity index (χ3n) is 4.41. The second kappa shape index (κ2) is 7.00. The highest BCUT2D eigenvalue weighted by Gasteiger charge is 2.23. The zero-order valence-electron chi connectivity index (χ0n) is 13.7. The molecule has 6 nitrogen and oxygen atoms in total. The van der Waals surface area contributed by atoms with Gasteiger partial charge in [-0.05, 0) is 37.5 Å². The summed E-state index contributed by atoms with van der Waals surface area (Å²) in [6.07, 6.45) is 2.16. The molecule has 1 aromatic carbocycles. The van der Waals surface area contributed by atoms with Crippen molar-refractivity contribution in [1.29, 1.82) is 0 Å². The lowest BCUT2D eigenvalue weighted by Gasteiger charge is -2.19. The first-order valence-electron chi connectivity index (χ1n) is 7.99. The summed E-state index contributed by atoms with van der Waals surface area (Å²) < 4.78 is 26.4. The molecule has 2 heterocycles. The average Bonchev–Trinajstić information content (AvgIpc) is 3.04. The Kier molecular flexibility index (Phi) is 4.78. The number of aryl methyl sites for hydroxylation is 1. The fourth-order valence-electron chi connectivity index (χ4n) is 3.00. The summed E-state index contributed by atoms with van der Waals surface area (Å²) in [4.78, 5) is 16.4. The number of aromatic nitrogens is 1. The number of nitrogens with zero attached hydrogens (tertiary/aromatic N) is 3. The molecule has 0 aliphatic carbocycles. The fraction of sp³-hybridized carbons (Fsp3) is 0.353. The Balaban J connectivity index is 1.57. The van der Waals surface area contributed by atoms with Crippen molar-refractivity contribution in [3.05, 3.63) is 57.8 Å². The molecule has 1 N–H and O–H groups in total. The first kappa shape index (κ1) is 17.1. The smallest absolute Gasteiger partial charge is 0.290 e. The summed E-state index contributed by atoms with van der Waals surface area (Å²) in [6, 6.07) is 5.59. The summed E-state index contributed by atoms with van der Waals surface area (Å²) in [7, 11) is 0. The SMILES string of the molecule is Cc1cc(NCC2CCN(c3ccc(F)c(F)c3)C2)ncc1[N+](=O)[O-]. The van der Waals surface area contributed by atoms with E-state index in [4.69, 9.17) is 0 Å². The van der Waals surface area contributed by atoms with Crippen LogP contribution in [-0.4, -0.2) is 29.5 Å². The Morgan fingerprint density at radius 2 is 2.16 bits per heavy atom. The predicted molar refractivity (Wildman–Crippen MR) is 90.8 cm³/mol. The summed E-state index contributed by atoms with van der Waals surface area (Å²) in [5.74, 6) is -0.773. The zero-order chi connectivity index (χ0) is 18.0. The highest BCUT2D eigenvalue weighted by Crippen LogP contribution is 2.26. The van der Waals surface area contributed by atoms with E-state index in [9.17, 15) is 18.9 Å². The molecule has 132 valence electrons. The van der Waals surface area contributed by atoms with E-state index >= 15 is 0 Å². The van der Waals surface area contributed by atoms with Crippen LogP contribution in [0.25, 0.3) is 0 Å². The standard InChI is InChI=1S/C17H18F2N4O2/c1-11-6-17(21-9-16(11)23(24)25)20-8-12-4-5-22(10-12)13-2-3-14(18)15(19)7-13/h2-3,6-7,9,12H,4-5,8,10H2,1H3,(H,20,21). The van der Waals surface area contributed by atoms with Crippen LogP contribution >= 0.6 is 0 Å². The van der Waals surface area contributed by atoms with Crippen LogP contribution in [0.2, 0.25) is 0 Å². The van der Waals surface area contributed by atoms with Gasteiger partial charge >= 0.3 is 0 Å². The largest absolute Gasteiger partial charge is 0.371 e. The van der Waals surface area contributed by atoms with Crippen LogP contribution in [-0.2, 0) is 0 Å². The molecule has 25 heavy (non-hydrogen) atoms. The third kappa shape index (κ3) is 3.84. The van der Waals surface area contributed by atoms with Crippen molar-refractivity contribution in [2.75, 3.05) is 29.9 Å². The van der Waals surface area contributed by atoms with Gasteiger partial charge in [0.2, 0.25) is 0 Å². The fourth-order valence-corrected chi connectivity index (χ4v) is 3.00. The van der Waals surface area contributed by atoms with Crippen LogP contribution in [0.3, 0.4) is 0 Å². The lowest BCUT2D eigenvalue weighted by molar-refractivity contribution is -0.385. The minimum Gasteiger partial charge on any atom is -0.371 e. The van der Waals surface area contributed by atoms with Gasteiger partial charge in [-0.15, -0.1) is 0 Å². The van der Waals surface area contributed by atoms with Crippen LogP contribution in [0.4, 0.5) is 26.0 Å². The monoisotopic (exact) mass is 348 g/mol. The molecule has 1 aliphatic rings. The van der Waals surface area contributed by atoms with Crippen molar-refractivity contribution >= 4 is 17.2 Å². The van der Waals surface area contributed by atoms with Gasteiger partial charge < -0.3 is 10.2 Å². The maximum Gasteiger partial charge on any atom is 0.290 e. The summed E-state index contributed by atoms with van der Waals surface area (Å²) in [6.45, 7) is 3.82. The van der Waals surface area contributed by atoms with Crippen LogP contribution in [0.1, 0.15) is 12.0 Å². The van der Waals surface area contributed by atoms with Gasteiger partial charge in [-0.1, -0.05) is 0 Å². The summed E-state index contributed by atoms with van der Waals surface area (Å²) >= 11 is 0. The number of anilines is 2. The van der Waals surface area contributed by atoms with Gasteiger partial charge in [0.25, 0.3) is 5.69 Å². The average molecular weight is 348 g/mol. The molecule has 1 aliphatic heterocycles. The van der Waals surface area contributed by atoms with E-state index in [-0.39, 0.29) is 5.69 Å². The molecule has 0 bridgehead atoms. The number of hydrogen-bond acceptors (Lipinski definition) is 5. The molecule has 1 atom stereocenters. The molecule has 0 radical (unpaired) electrons. The number of nitro groups is 1. The van der Waals surface area contributed by atoms with Crippen molar-refractivity contribution in [3.63, 3.8) is 0 Å². The maximum absolute atomic E-state index is 13.4. The molecule has 1 fully saturated rings. The van der Waals surface area contributed by atoms with Gasteiger partial charge in [-0.25, -0.2) is 13.8 Å². The normalized spacial score (nSPS) is 16.9. The number of benzene rings is 1. The second-order valence-electron chi connectivity index (χ2n) is 6.19. The van der Waals surface area contributed by atoms with E-state index < -0.39 is 16.6 Å². The van der Waals surface area contributed by atoms with Crippen LogP contribution < -0.4 is 10.2 Å². The quantitative estimate of drug-likeness (QED) is 0.661. The second-order valence-corrected chi connectivity index (χ2v) is 6.19. The van der Waals surface area contributed by atoms with Gasteiger partial charge in [0.05, 0.1) is 4.92 Å². The van der Waals surface area contributed by atoms with Gasteiger partial charge in [0, 0.05) is 37.0 Å². The molecule has 1 aromatic heterocycles. The first-order chi connectivity index (χ1) is 11.9. The Hall–Kier alpha value is -2.77. The minimum absolute atomic E-state index is 0.00377. The van der Waals surface area contributed by atoms with Crippen LogP contribution in [0, 0.1) is 34.6 Å². The molecular weight excluding hydrogens is 330 g/mol. The van der Waals surface area contributed by atoms with Gasteiger partial charge in [-0.2, -0.15) is 0 Å². The number of halogens is 2. The maximum atomic E-state index is 13.4. The van der Waals surface area contributed by atoms with E-state index in [1.54, 1.807) is 19.1 Å². The van der Waals surface area contributed by atoms with Crippen LogP contribution in [0.15, 0.2) is 30.5 Å². The number of pyridine rings is 1. The predicted octanol–water partition coefficient (Wildman–Crippen LogP) is 3.51. The van der Waals surface area contributed by atoms with E-state index in [0.717, 1.165) is 25.6 Å². The highest BCUT2D eigenvalue weighted by molar-refractivity contribution is 5.49. The van der Waals surface area contributed by atoms with Crippen molar-refractivity contribution in [2.24, 2.45) is 5.92 Å². The Labute approximate surface area is 143 Å². The van der Waals surface area contributed by atoms with Crippen molar-refractivity contribution in [2.45, 2.75) is 13.3 Å². The van der Waals surface area contributed by atoms with Crippen LogP contribution in [0.5, 0.6) is 0 Å². The lowest BCUT2D eigenvalue weighted by atomic mass is 10.1. The van der Waals surface area contributed by atoms with Gasteiger partial charge in [0.1, 0.15) is 12.0 Å². The zero-order valence-corrected chi connectivity index (χ0v) is 13.7. The topological polar surface area (TPSA) is 71.3 Å².